The van der Waals surface area contributed by atoms with Gasteiger partial charge in [0, 0.05) is 39.3 Å². The average molecular weight is 346 g/mol. The number of rotatable bonds is 6. The molecule has 1 saturated carbocycles. The largest absolute Gasteiger partial charge is 0.496 e. The number of amides is 1. The number of benzene rings is 1. The first-order valence-corrected chi connectivity index (χ1v) is 8.85. The van der Waals surface area contributed by atoms with Gasteiger partial charge in [0.25, 0.3) is 0 Å². The van der Waals surface area contributed by atoms with Crippen molar-refractivity contribution < 1.29 is 9.53 Å². The molecule has 6 heteroatoms. The van der Waals surface area contributed by atoms with Crippen LogP contribution in [0.4, 0.5) is 0 Å². The van der Waals surface area contributed by atoms with E-state index in [0.717, 1.165) is 30.1 Å². The second kappa shape index (κ2) is 9.30. The van der Waals surface area contributed by atoms with Crippen LogP contribution in [0.1, 0.15) is 31.2 Å². The number of carbonyl (C=O) groups is 1. The summed E-state index contributed by atoms with van der Waals surface area (Å²) in [7, 11) is 7.18. The van der Waals surface area contributed by atoms with E-state index in [2.05, 4.69) is 15.2 Å². The van der Waals surface area contributed by atoms with Crippen molar-refractivity contribution in [1.29, 1.82) is 0 Å². The number of methoxy groups -OCH3 is 1. The van der Waals surface area contributed by atoms with E-state index in [1.807, 2.05) is 31.3 Å². The highest BCUT2D eigenvalue weighted by Crippen LogP contribution is 2.20. The standard InChI is InChI=1S/C19H30N4O2/c1-22(2)18(24)13-20-19(21-16-10-6-7-11-16)23(3)14-15-9-5-8-12-17(15)25-4/h5,8-9,12,16H,6-7,10-11,13-14H2,1-4H3,(H,20,21). The number of aliphatic imine (C=N–C) groups is 1. The van der Waals surface area contributed by atoms with Crippen molar-refractivity contribution in [2.75, 3.05) is 34.8 Å². The number of nitrogens with zero attached hydrogens (tertiary/aromatic N) is 3. The van der Waals surface area contributed by atoms with Crippen molar-refractivity contribution in [1.82, 2.24) is 15.1 Å². The van der Waals surface area contributed by atoms with Crippen LogP contribution in [0.5, 0.6) is 5.75 Å². The molecule has 0 aliphatic heterocycles. The Hall–Kier alpha value is -2.24. The Balaban J connectivity index is 2.11. The van der Waals surface area contributed by atoms with Gasteiger partial charge >= 0.3 is 0 Å². The molecule has 0 radical (unpaired) electrons. The minimum absolute atomic E-state index is 0.00332. The molecular weight excluding hydrogens is 316 g/mol. The number of likely N-dealkylation sites (N-methyl/N-ethyl adjacent to an activating group) is 1. The minimum atomic E-state index is -0.00332. The average Bonchev–Trinajstić information content (AvgIpc) is 3.11. The third kappa shape index (κ3) is 5.66. The number of hydrogen-bond donors (Lipinski definition) is 1. The first kappa shape index (κ1) is 19.1. The van der Waals surface area contributed by atoms with E-state index < -0.39 is 0 Å². The highest BCUT2D eigenvalue weighted by molar-refractivity contribution is 5.85. The second-order valence-corrected chi connectivity index (χ2v) is 6.72. The summed E-state index contributed by atoms with van der Waals surface area (Å²) in [6, 6.07) is 8.41. The molecule has 0 heterocycles. The highest BCUT2D eigenvalue weighted by Gasteiger charge is 2.19. The zero-order valence-electron chi connectivity index (χ0n) is 15.8. The molecule has 1 N–H and O–H groups in total. The maximum atomic E-state index is 11.9. The molecule has 1 aromatic carbocycles. The zero-order chi connectivity index (χ0) is 18.2. The zero-order valence-corrected chi connectivity index (χ0v) is 15.8. The lowest BCUT2D eigenvalue weighted by molar-refractivity contribution is -0.127. The molecule has 2 rings (SSSR count). The van der Waals surface area contributed by atoms with Gasteiger partial charge in [-0.3, -0.25) is 4.79 Å². The van der Waals surface area contributed by atoms with Crippen LogP contribution in [0.2, 0.25) is 0 Å². The van der Waals surface area contributed by atoms with Gasteiger partial charge < -0.3 is 19.9 Å². The van der Waals surface area contributed by atoms with Crippen LogP contribution in [-0.2, 0) is 11.3 Å². The van der Waals surface area contributed by atoms with Gasteiger partial charge in [0.15, 0.2) is 5.96 Å². The molecule has 0 atom stereocenters. The maximum absolute atomic E-state index is 11.9. The fourth-order valence-electron chi connectivity index (χ4n) is 2.98. The fourth-order valence-corrected chi connectivity index (χ4v) is 2.98. The summed E-state index contributed by atoms with van der Waals surface area (Å²) >= 11 is 0. The van der Waals surface area contributed by atoms with Crippen LogP contribution in [0.15, 0.2) is 29.3 Å². The Bertz CT molecular complexity index is 595. The summed E-state index contributed by atoms with van der Waals surface area (Å²) in [4.78, 5) is 20.1. The van der Waals surface area contributed by atoms with Crippen molar-refractivity contribution >= 4 is 11.9 Å². The summed E-state index contributed by atoms with van der Waals surface area (Å²) in [6.07, 6.45) is 4.81. The second-order valence-electron chi connectivity index (χ2n) is 6.72. The van der Waals surface area contributed by atoms with Gasteiger partial charge in [-0.25, -0.2) is 4.99 Å². The molecule has 0 aromatic heterocycles. The van der Waals surface area contributed by atoms with Crippen LogP contribution >= 0.6 is 0 Å². The number of hydrogen-bond acceptors (Lipinski definition) is 3. The first-order chi connectivity index (χ1) is 12.0. The van der Waals surface area contributed by atoms with E-state index in [0.29, 0.717) is 12.6 Å². The summed E-state index contributed by atoms with van der Waals surface area (Å²) < 4.78 is 5.44. The maximum Gasteiger partial charge on any atom is 0.243 e. The van der Waals surface area contributed by atoms with Gasteiger partial charge in [0.2, 0.25) is 5.91 Å². The van der Waals surface area contributed by atoms with E-state index in [1.54, 1.807) is 26.1 Å². The molecule has 1 fully saturated rings. The lowest BCUT2D eigenvalue weighted by Gasteiger charge is -2.26. The third-order valence-electron chi connectivity index (χ3n) is 4.51. The smallest absolute Gasteiger partial charge is 0.243 e. The van der Waals surface area contributed by atoms with E-state index in [-0.39, 0.29) is 12.5 Å². The van der Waals surface area contributed by atoms with Gasteiger partial charge in [-0.2, -0.15) is 0 Å². The van der Waals surface area contributed by atoms with Crippen molar-refractivity contribution in [3.63, 3.8) is 0 Å². The molecular formula is C19H30N4O2. The summed E-state index contributed by atoms with van der Waals surface area (Å²) in [5.41, 5.74) is 1.09. The molecule has 1 amide bonds. The summed E-state index contributed by atoms with van der Waals surface area (Å²) in [5, 5.41) is 3.53. The van der Waals surface area contributed by atoms with Crippen molar-refractivity contribution in [2.24, 2.45) is 4.99 Å². The highest BCUT2D eigenvalue weighted by atomic mass is 16.5. The van der Waals surface area contributed by atoms with Gasteiger partial charge in [-0.15, -0.1) is 0 Å². The topological polar surface area (TPSA) is 57.2 Å². The Morgan fingerprint density at radius 1 is 1.24 bits per heavy atom. The van der Waals surface area contributed by atoms with Crippen LogP contribution in [-0.4, -0.2) is 62.5 Å². The van der Waals surface area contributed by atoms with E-state index in [1.165, 1.54) is 12.8 Å². The van der Waals surface area contributed by atoms with Crippen LogP contribution in [0, 0.1) is 0 Å². The van der Waals surface area contributed by atoms with Crippen molar-refractivity contribution in [3.05, 3.63) is 29.8 Å². The molecule has 1 aliphatic carbocycles. The summed E-state index contributed by atoms with van der Waals surface area (Å²) in [6.45, 7) is 0.817. The number of para-hydroxylation sites is 1. The monoisotopic (exact) mass is 346 g/mol. The number of carbonyl (C=O) groups excluding carboxylic acids is 1. The first-order valence-electron chi connectivity index (χ1n) is 8.85. The Morgan fingerprint density at radius 3 is 2.56 bits per heavy atom. The lowest BCUT2D eigenvalue weighted by atomic mass is 10.2. The van der Waals surface area contributed by atoms with Crippen LogP contribution in [0.25, 0.3) is 0 Å². The van der Waals surface area contributed by atoms with Gasteiger partial charge in [0.05, 0.1) is 7.11 Å². The van der Waals surface area contributed by atoms with Gasteiger partial charge in [-0.05, 0) is 18.9 Å². The normalized spacial score (nSPS) is 15.1. The SMILES string of the molecule is COc1ccccc1CN(C)C(=NCC(=O)N(C)C)NC1CCCC1. The molecule has 1 aliphatic rings. The third-order valence-corrected chi connectivity index (χ3v) is 4.51. The Morgan fingerprint density at radius 2 is 1.92 bits per heavy atom. The molecule has 25 heavy (non-hydrogen) atoms. The van der Waals surface area contributed by atoms with E-state index in [9.17, 15) is 4.79 Å². The van der Waals surface area contributed by atoms with Gasteiger partial charge in [0.1, 0.15) is 12.3 Å². The predicted molar refractivity (Wildman–Crippen MR) is 101 cm³/mol. The molecule has 0 bridgehead atoms. The van der Waals surface area contributed by atoms with Crippen LogP contribution < -0.4 is 10.1 Å². The number of guanidine groups is 1. The number of nitrogens with one attached hydrogen (secondary N) is 1. The molecule has 0 saturated heterocycles. The molecule has 138 valence electrons. The minimum Gasteiger partial charge on any atom is -0.496 e. The molecule has 6 nitrogen and oxygen atoms in total. The Labute approximate surface area is 150 Å². The predicted octanol–water partition coefficient (Wildman–Crippen LogP) is 2.10. The number of ether oxygens (including phenoxy) is 1. The van der Waals surface area contributed by atoms with Crippen molar-refractivity contribution in [3.8, 4) is 5.75 Å². The summed E-state index contributed by atoms with van der Waals surface area (Å²) in [5.74, 6) is 1.63. The quantitative estimate of drug-likeness (QED) is 0.633. The Kier molecular flexibility index (Phi) is 7.10. The van der Waals surface area contributed by atoms with Gasteiger partial charge in [-0.1, -0.05) is 31.0 Å². The van der Waals surface area contributed by atoms with Crippen molar-refractivity contribution in [2.45, 2.75) is 38.3 Å². The molecule has 1 aromatic rings. The van der Waals surface area contributed by atoms with Crippen LogP contribution in [0.3, 0.4) is 0 Å². The van der Waals surface area contributed by atoms with E-state index >= 15 is 0 Å². The lowest BCUT2D eigenvalue weighted by Crippen LogP contribution is -2.43. The fraction of sp³-hybridized carbons (Fsp3) is 0.579. The molecule has 0 spiro atoms. The van der Waals surface area contributed by atoms with E-state index in [4.69, 9.17) is 4.74 Å². The molecule has 0 unspecified atom stereocenters.